The molecule has 1 saturated heterocycles. The number of imidazole rings is 1. The Kier molecular flexibility index (Phi) is 4.36. The second-order valence-corrected chi connectivity index (χ2v) is 5.95. The summed E-state index contributed by atoms with van der Waals surface area (Å²) in [6.07, 6.45) is 5.62. The molecule has 0 bridgehead atoms. The van der Waals surface area contributed by atoms with Crippen molar-refractivity contribution in [3.05, 3.63) is 53.6 Å². The summed E-state index contributed by atoms with van der Waals surface area (Å²) in [5, 5.41) is 10.5. The van der Waals surface area contributed by atoms with E-state index in [0.717, 1.165) is 36.5 Å². The first-order valence-electron chi connectivity index (χ1n) is 7.69. The van der Waals surface area contributed by atoms with E-state index in [-0.39, 0.29) is 0 Å². The van der Waals surface area contributed by atoms with Crippen LogP contribution in [0.2, 0.25) is 0 Å². The lowest BCUT2D eigenvalue weighted by Gasteiger charge is -2.33. The van der Waals surface area contributed by atoms with Crippen LogP contribution in [0.5, 0.6) is 0 Å². The summed E-state index contributed by atoms with van der Waals surface area (Å²) in [5.74, 6) is 1.53. The predicted octanol–water partition coefficient (Wildman–Crippen LogP) is 2.63. The van der Waals surface area contributed by atoms with Crippen molar-refractivity contribution < 1.29 is 5.11 Å². The topological polar surface area (TPSA) is 52.1 Å². The normalized spacial score (nSPS) is 21.3. The maximum atomic E-state index is 10.5. The van der Waals surface area contributed by atoms with Crippen LogP contribution in [0.1, 0.15) is 41.8 Å². The van der Waals surface area contributed by atoms with E-state index in [0.29, 0.717) is 12.5 Å². The summed E-state index contributed by atoms with van der Waals surface area (Å²) in [5.41, 5.74) is 2.20. The van der Waals surface area contributed by atoms with Gasteiger partial charge in [0, 0.05) is 31.4 Å². The first-order chi connectivity index (χ1) is 10.2. The standard InChI is InChI=1S/C17H23N3O/c1-13-5-2-3-7-15(13)16(21)12-20-10-4-6-14(11-20)17-18-8-9-19-17/h2-3,5,7-9,14,16,21H,4,6,10-12H2,1H3,(H,18,19). The number of nitrogens with one attached hydrogen (secondary N) is 1. The summed E-state index contributed by atoms with van der Waals surface area (Å²) in [7, 11) is 0. The molecule has 1 aliphatic heterocycles. The molecule has 1 fully saturated rings. The average molecular weight is 285 g/mol. The molecule has 1 aromatic heterocycles. The van der Waals surface area contributed by atoms with Gasteiger partial charge in [-0.2, -0.15) is 0 Å². The predicted molar refractivity (Wildman–Crippen MR) is 83.1 cm³/mol. The highest BCUT2D eigenvalue weighted by atomic mass is 16.3. The van der Waals surface area contributed by atoms with Crippen LogP contribution in [-0.2, 0) is 0 Å². The van der Waals surface area contributed by atoms with Gasteiger partial charge in [-0.15, -0.1) is 0 Å². The third kappa shape index (κ3) is 3.34. The third-order valence-corrected chi connectivity index (χ3v) is 4.39. The zero-order valence-corrected chi connectivity index (χ0v) is 12.5. The smallest absolute Gasteiger partial charge is 0.110 e. The molecular weight excluding hydrogens is 262 g/mol. The van der Waals surface area contributed by atoms with Crippen molar-refractivity contribution in [1.29, 1.82) is 0 Å². The van der Waals surface area contributed by atoms with Crippen molar-refractivity contribution >= 4 is 0 Å². The molecule has 2 aromatic rings. The van der Waals surface area contributed by atoms with Crippen LogP contribution in [0, 0.1) is 6.92 Å². The summed E-state index contributed by atoms with van der Waals surface area (Å²) in [6.45, 7) is 4.78. The van der Waals surface area contributed by atoms with E-state index in [1.807, 2.05) is 30.6 Å². The fourth-order valence-corrected chi connectivity index (χ4v) is 3.25. The number of rotatable bonds is 4. The summed E-state index contributed by atoms with van der Waals surface area (Å²) < 4.78 is 0. The van der Waals surface area contributed by atoms with Crippen LogP contribution in [0.4, 0.5) is 0 Å². The summed E-state index contributed by atoms with van der Waals surface area (Å²) in [4.78, 5) is 9.96. The molecule has 0 amide bonds. The number of nitrogens with zero attached hydrogens (tertiary/aromatic N) is 2. The van der Waals surface area contributed by atoms with Crippen molar-refractivity contribution in [3.8, 4) is 0 Å². The first-order valence-corrected chi connectivity index (χ1v) is 7.69. The molecule has 2 atom stereocenters. The van der Waals surface area contributed by atoms with Gasteiger partial charge in [-0.1, -0.05) is 24.3 Å². The number of aromatic amines is 1. The SMILES string of the molecule is Cc1ccccc1C(O)CN1CCCC(c2ncc[nH]2)C1. The molecular formula is C17H23N3O. The lowest BCUT2D eigenvalue weighted by Crippen LogP contribution is -2.37. The number of aromatic nitrogens is 2. The number of likely N-dealkylation sites (tertiary alicyclic amines) is 1. The molecule has 0 spiro atoms. The molecule has 1 aromatic carbocycles. The fraction of sp³-hybridized carbons (Fsp3) is 0.471. The van der Waals surface area contributed by atoms with Crippen molar-refractivity contribution in [2.45, 2.75) is 31.8 Å². The van der Waals surface area contributed by atoms with E-state index in [9.17, 15) is 5.11 Å². The van der Waals surface area contributed by atoms with Crippen LogP contribution in [0.3, 0.4) is 0 Å². The summed E-state index contributed by atoms with van der Waals surface area (Å²) in [6, 6.07) is 8.08. The van der Waals surface area contributed by atoms with Gasteiger partial charge < -0.3 is 10.1 Å². The van der Waals surface area contributed by atoms with Gasteiger partial charge in [0.2, 0.25) is 0 Å². The molecule has 2 unspecified atom stereocenters. The number of hydrogen-bond donors (Lipinski definition) is 2. The Hall–Kier alpha value is -1.65. The molecule has 4 heteroatoms. The Bertz CT molecular complexity index is 567. The number of benzene rings is 1. The molecule has 2 heterocycles. The number of hydrogen-bond acceptors (Lipinski definition) is 3. The van der Waals surface area contributed by atoms with Gasteiger partial charge >= 0.3 is 0 Å². The van der Waals surface area contributed by atoms with E-state index >= 15 is 0 Å². The molecule has 0 aliphatic carbocycles. The van der Waals surface area contributed by atoms with E-state index in [4.69, 9.17) is 0 Å². The fourth-order valence-electron chi connectivity index (χ4n) is 3.25. The molecule has 4 nitrogen and oxygen atoms in total. The second-order valence-electron chi connectivity index (χ2n) is 5.95. The number of aliphatic hydroxyl groups is 1. The van der Waals surface area contributed by atoms with Crippen LogP contribution in [-0.4, -0.2) is 39.6 Å². The van der Waals surface area contributed by atoms with Crippen molar-refractivity contribution in [2.24, 2.45) is 0 Å². The van der Waals surface area contributed by atoms with E-state index in [1.165, 1.54) is 6.42 Å². The zero-order chi connectivity index (χ0) is 14.7. The van der Waals surface area contributed by atoms with Gasteiger partial charge in [0.25, 0.3) is 0 Å². The Balaban J connectivity index is 1.63. The molecule has 2 N–H and O–H groups in total. The lowest BCUT2D eigenvalue weighted by atomic mass is 9.96. The van der Waals surface area contributed by atoms with Crippen LogP contribution < -0.4 is 0 Å². The Labute approximate surface area is 125 Å². The minimum Gasteiger partial charge on any atom is -0.387 e. The first kappa shape index (κ1) is 14.3. The van der Waals surface area contributed by atoms with Crippen molar-refractivity contribution in [3.63, 3.8) is 0 Å². The minimum atomic E-state index is -0.415. The molecule has 3 rings (SSSR count). The van der Waals surface area contributed by atoms with Crippen LogP contribution in [0.25, 0.3) is 0 Å². The maximum Gasteiger partial charge on any atom is 0.110 e. The molecule has 1 aliphatic rings. The zero-order valence-electron chi connectivity index (χ0n) is 12.5. The highest BCUT2D eigenvalue weighted by Gasteiger charge is 2.25. The molecule has 0 saturated carbocycles. The van der Waals surface area contributed by atoms with Gasteiger partial charge in [0.1, 0.15) is 5.82 Å². The van der Waals surface area contributed by atoms with Crippen LogP contribution in [0.15, 0.2) is 36.7 Å². The van der Waals surface area contributed by atoms with E-state index in [1.54, 1.807) is 0 Å². The molecule has 112 valence electrons. The highest BCUT2D eigenvalue weighted by molar-refractivity contribution is 5.27. The van der Waals surface area contributed by atoms with Crippen molar-refractivity contribution in [1.82, 2.24) is 14.9 Å². The third-order valence-electron chi connectivity index (χ3n) is 4.39. The van der Waals surface area contributed by atoms with Crippen molar-refractivity contribution in [2.75, 3.05) is 19.6 Å². The van der Waals surface area contributed by atoms with Gasteiger partial charge in [-0.05, 0) is 37.4 Å². The molecule has 0 radical (unpaired) electrons. The minimum absolute atomic E-state index is 0.415. The molecule has 21 heavy (non-hydrogen) atoms. The lowest BCUT2D eigenvalue weighted by molar-refractivity contribution is 0.0942. The number of aliphatic hydroxyl groups excluding tert-OH is 1. The van der Waals surface area contributed by atoms with E-state index in [2.05, 4.69) is 27.9 Å². The Morgan fingerprint density at radius 2 is 2.29 bits per heavy atom. The second kappa shape index (κ2) is 6.41. The average Bonchev–Trinajstić information content (AvgIpc) is 3.02. The maximum absolute atomic E-state index is 10.5. The van der Waals surface area contributed by atoms with Gasteiger partial charge in [-0.3, -0.25) is 4.90 Å². The van der Waals surface area contributed by atoms with Gasteiger partial charge in [-0.25, -0.2) is 4.98 Å². The number of β-amino-alcohol motifs (C(OH)–C–C–N with tert-alkyl or cyclic N) is 1. The summed E-state index contributed by atoms with van der Waals surface area (Å²) >= 11 is 0. The number of aryl methyl sites for hydroxylation is 1. The monoisotopic (exact) mass is 285 g/mol. The van der Waals surface area contributed by atoms with Gasteiger partial charge in [0.15, 0.2) is 0 Å². The number of piperidine rings is 1. The highest BCUT2D eigenvalue weighted by Crippen LogP contribution is 2.26. The van der Waals surface area contributed by atoms with Crippen LogP contribution >= 0.6 is 0 Å². The largest absolute Gasteiger partial charge is 0.387 e. The quantitative estimate of drug-likeness (QED) is 0.908. The van der Waals surface area contributed by atoms with Gasteiger partial charge in [0.05, 0.1) is 6.10 Å². The Morgan fingerprint density at radius 1 is 1.43 bits per heavy atom. The van der Waals surface area contributed by atoms with E-state index < -0.39 is 6.10 Å². The number of H-pyrrole nitrogens is 1. The Morgan fingerprint density at radius 3 is 3.05 bits per heavy atom.